The normalized spacial score (nSPS) is 12.1. The standard InChI is InChI=1S/C16H22O4/c1-15(2,3)14(19)20-10-16(4,5)13(18)11-7-6-8-12(17)9-11/h6-9,17H,10H2,1-5H3. The fourth-order valence-corrected chi connectivity index (χ4v) is 1.57. The van der Waals surface area contributed by atoms with Gasteiger partial charge >= 0.3 is 5.97 Å². The lowest BCUT2D eigenvalue weighted by molar-refractivity contribution is -0.155. The van der Waals surface area contributed by atoms with Gasteiger partial charge in [0, 0.05) is 5.56 Å². The molecule has 0 aliphatic rings. The summed E-state index contributed by atoms with van der Waals surface area (Å²) in [5.41, 5.74) is -1.03. The zero-order valence-electron chi connectivity index (χ0n) is 12.7. The molecule has 0 saturated heterocycles. The third kappa shape index (κ3) is 4.08. The molecular weight excluding hydrogens is 256 g/mol. The van der Waals surface area contributed by atoms with Gasteiger partial charge in [0.15, 0.2) is 5.78 Å². The van der Waals surface area contributed by atoms with Crippen molar-refractivity contribution >= 4 is 11.8 Å². The van der Waals surface area contributed by atoms with Crippen molar-refractivity contribution in [2.24, 2.45) is 10.8 Å². The average molecular weight is 278 g/mol. The van der Waals surface area contributed by atoms with Crippen LogP contribution < -0.4 is 0 Å². The van der Waals surface area contributed by atoms with E-state index in [-0.39, 0.29) is 24.1 Å². The number of carbonyl (C=O) groups is 2. The number of hydrogen-bond acceptors (Lipinski definition) is 4. The summed E-state index contributed by atoms with van der Waals surface area (Å²) < 4.78 is 5.22. The molecule has 0 aromatic heterocycles. The highest BCUT2D eigenvalue weighted by atomic mass is 16.5. The highest BCUT2D eigenvalue weighted by Gasteiger charge is 2.32. The fraction of sp³-hybridized carbons (Fsp3) is 0.500. The smallest absolute Gasteiger partial charge is 0.311 e. The first kappa shape index (κ1) is 16.2. The minimum Gasteiger partial charge on any atom is -0.508 e. The van der Waals surface area contributed by atoms with E-state index in [0.717, 1.165) is 0 Å². The largest absolute Gasteiger partial charge is 0.508 e. The van der Waals surface area contributed by atoms with E-state index >= 15 is 0 Å². The van der Waals surface area contributed by atoms with Gasteiger partial charge in [0.2, 0.25) is 0 Å². The molecule has 110 valence electrons. The van der Waals surface area contributed by atoms with Crippen molar-refractivity contribution < 1.29 is 19.4 Å². The van der Waals surface area contributed by atoms with Crippen molar-refractivity contribution in [2.75, 3.05) is 6.61 Å². The van der Waals surface area contributed by atoms with Gasteiger partial charge in [-0.15, -0.1) is 0 Å². The number of rotatable bonds is 4. The zero-order chi connectivity index (χ0) is 15.6. The Labute approximate surface area is 119 Å². The lowest BCUT2D eigenvalue weighted by Crippen LogP contribution is -2.33. The number of phenolic OH excluding ortho intramolecular Hbond substituents is 1. The number of ether oxygens (including phenoxy) is 1. The van der Waals surface area contributed by atoms with Crippen LogP contribution in [0.5, 0.6) is 5.75 Å². The second-order valence-electron chi connectivity index (χ2n) is 6.59. The number of carbonyl (C=O) groups excluding carboxylic acids is 2. The van der Waals surface area contributed by atoms with Crippen molar-refractivity contribution in [3.8, 4) is 5.75 Å². The molecule has 0 heterocycles. The minimum atomic E-state index is -0.839. The van der Waals surface area contributed by atoms with E-state index in [1.54, 1.807) is 46.8 Å². The maximum Gasteiger partial charge on any atom is 0.311 e. The van der Waals surface area contributed by atoms with E-state index in [1.165, 1.54) is 12.1 Å². The van der Waals surface area contributed by atoms with Gasteiger partial charge in [0.1, 0.15) is 12.4 Å². The third-order valence-electron chi connectivity index (χ3n) is 2.90. The quantitative estimate of drug-likeness (QED) is 0.678. The number of esters is 1. The highest BCUT2D eigenvalue weighted by molar-refractivity contribution is 6.00. The summed E-state index contributed by atoms with van der Waals surface area (Å²) in [5.74, 6) is -0.470. The molecule has 4 heteroatoms. The second-order valence-corrected chi connectivity index (χ2v) is 6.59. The Bertz CT molecular complexity index is 509. The molecular formula is C16H22O4. The summed E-state index contributed by atoms with van der Waals surface area (Å²) in [7, 11) is 0. The van der Waals surface area contributed by atoms with Gasteiger partial charge in [-0.3, -0.25) is 9.59 Å². The second kappa shape index (κ2) is 5.65. The van der Waals surface area contributed by atoms with E-state index in [2.05, 4.69) is 0 Å². The molecule has 0 spiro atoms. The summed E-state index contributed by atoms with van der Waals surface area (Å²) in [6, 6.07) is 6.16. The zero-order valence-corrected chi connectivity index (χ0v) is 12.7. The maximum atomic E-state index is 12.4. The van der Waals surface area contributed by atoms with E-state index in [1.807, 2.05) is 0 Å². The molecule has 0 atom stereocenters. The van der Waals surface area contributed by atoms with Crippen LogP contribution in [0.2, 0.25) is 0 Å². The Morgan fingerprint density at radius 3 is 2.25 bits per heavy atom. The molecule has 1 aromatic rings. The van der Waals surface area contributed by atoms with Crippen LogP contribution in [0.4, 0.5) is 0 Å². The van der Waals surface area contributed by atoms with Crippen LogP contribution in [-0.2, 0) is 9.53 Å². The molecule has 0 bridgehead atoms. The van der Waals surface area contributed by atoms with Gasteiger partial charge in [0.05, 0.1) is 10.8 Å². The fourth-order valence-electron chi connectivity index (χ4n) is 1.57. The lowest BCUT2D eigenvalue weighted by atomic mass is 9.85. The number of Topliss-reactive ketones (excluding diaryl/α,β-unsaturated/α-hetero) is 1. The number of aromatic hydroxyl groups is 1. The third-order valence-corrected chi connectivity index (χ3v) is 2.90. The van der Waals surface area contributed by atoms with Gasteiger partial charge in [-0.1, -0.05) is 12.1 Å². The first-order chi connectivity index (χ1) is 9.04. The van der Waals surface area contributed by atoms with Crippen molar-refractivity contribution in [2.45, 2.75) is 34.6 Å². The Morgan fingerprint density at radius 1 is 1.15 bits per heavy atom. The SMILES string of the molecule is CC(C)(C)C(=O)OCC(C)(C)C(=O)c1cccc(O)c1. The van der Waals surface area contributed by atoms with E-state index in [4.69, 9.17) is 4.74 Å². The number of ketones is 1. The van der Waals surface area contributed by atoms with Crippen LogP contribution in [0.15, 0.2) is 24.3 Å². The van der Waals surface area contributed by atoms with Crippen LogP contribution in [0.1, 0.15) is 45.0 Å². The molecule has 1 rings (SSSR count). The van der Waals surface area contributed by atoms with Gasteiger partial charge in [0.25, 0.3) is 0 Å². The van der Waals surface area contributed by atoms with Crippen molar-refractivity contribution in [3.63, 3.8) is 0 Å². The van der Waals surface area contributed by atoms with Crippen LogP contribution in [0.3, 0.4) is 0 Å². The average Bonchev–Trinajstić information content (AvgIpc) is 2.33. The molecule has 0 saturated carbocycles. The van der Waals surface area contributed by atoms with Gasteiger partial charge in [-0.2, -0.15) is 0 Å². The minimum absolute atomic E-state index is 0.0115. The Kier molecular flexibility index (Phi) is 4.58. The predicted molar refractivity (Wildman–Crippen MR) is 76.6 cm³/mol. The van der Waals surface area contributed by atoms with Crippen LogP contribution in [0.25, 0.3) is 0 Å². The molecule has 1 N–H and O–H groups in total. The molecule has 0 aliphatic heterocycles. The van der Waals surface area contributed by atoms with E-state index in [0.29, 0.717) is 5.56 Å². The molecule has 20 heavy (non-hydrogen) atoms. The van der Waals surface area contributed by atoms with E-state index < -0.39 is 10.8 Å². The molecule has 1 aromatic carbocycles. The Hall–Kier alpha value is -1.84. The molecule has 0 radical (unpaired) electrons. The number of hydrogen-bond donors (Lipinski definition) is 1. The lowest BCUT2D eigenvalue weighted by Gasteiger charge is -2.25. The van der Waals surface area contributed by atoms with Gasteiger partial charge in [-0.05, 0) is 46.8 Å². The van der Waals surface area contributed by atoms with Gasteiger partial charge < -0.3 is 9.84 Å². The summed E-state index contributed by atoms with van der Waals surface area (Å²) in [6.07, 6.45) is 0. The predicted octanol–water partition coefficient (Wildman–Crippen LogP) is 3.19. The van der Waals surface area contributed by atoms with Crippen LogP contribution in [0, 0.1) is 10.8 Å². The summed E-state index contributed by atoms with van der Waals surface area (Å²) >= 11 is 0. The molecule has 4 nitrogen and oxygen atoms in total. The molecule has 0 amide bonds. The Morgan fingerprint density at radius 2 is 1.75 bits per heavy atom. The first-order valence-corrected chi connectivity index (χ1v) is 6.55. The molecule has 0 fully saturated rings. The summed E-state index contributed by atoms with van der Waals surface area (Å²) in [5, 5.41) is 9.41. The van der Waals surface area contributed by atoms with Crippen LogP contribution >= 0.6 is 0 Å². The number of benzene rings is 1. The first-order valence-electron chi connectivity index (χ1n) is 6.55. The number of phenols is 1. The van der Waals surface area contributed by atoms with Crippen molar-refractivity contribution in [1.29, 1.82) is 0 Å². The Balaban J connectivity index is 2.78. The van der Waals surface area contributed by atoms with Crippen molar-refractivity contribution in [1.82, 2.24) is 0 Å². The topological polar surface area (TPSA) is 63.6 Å². The van der Waals surface area contributed by atoms with Gasteiger partial charge in [-0.25, -0.2) is 0 Å². The maximum absolute atomic E-state index is 12.4. The van der Waals surface area contributed by atoms with E-state index in [9.17, 15) is 14.7 Å². The molecule has 0 unspecified atom stereocenters. The highest BCUT2D eigenvalue weighted by Crippen LogP contribution is 2.26. The summed E-state index contributed by atoms with van der Waals surface area (Å²) in [6.45, 7) is 8.74. The molecule has 0 aliphatic carbocycles. The van der Waals surface area contributed by atoms with Crippen molar-refractivity contribution in [3.05, 3.63) is 29.8 Å². The monoisotopic (exact) mass is 278 g/mol. The summed E-state index contributed by atoms with van der Waals surface area (Å²) in [4.78, 5) is 24.1. The van der Waals surface area contributed by atoms with Crippen LogP contribution in [-0.4, -0.2) is 23.5 Å².